The van der Waals surface area contributed by atoms with Crippen LogP contribution in [0, 0.1) is 0 Å². The third-order valence-electron chi connectivity index (χ3n) is 3.02. The van der Waals surface area contributed by atoms with Crippen molar-refractivity contribution in [3.8, 4) is 0 Å². The minimum absolute atomic E-state index is 0.138. The molecule has 2 aromatic heterocycles. The van der Waals surface area contributed by atoms with Crippen molar-refractivity contribution in [3.63, 3.8) is 0 Å². The van der Waals surface area contributed by atoms with Gasteiger partial charge in [0.25, 0.3) is 0 Å². The molecule has 0 N–H and O–H groups in total. The van der Waals surface area contributed by atoms with E-state index in [1.165, 1.54) is 11.8 Å². The van der Waals surface area contributed by atoms with Crippen LogP contribution in [0.4, 0.5) is 0 Å². The summed E-state index contributed by atoms with van der Waals surface area (Å²) in [4.78, 5) is 17.1. The van der Waals surface area contributed by atoms with Crippen LogP contribution in [0.5, 0.6) is 0 Å². The van der Waals surface area contributed by atoms with Gasteiger partial charge in [-0.2, -0.15) is 0 Å². The molecule has 0 saturated carbocycles. The van der Waals surface area contributed by atoms with Gasteiger partial charge in [0.05, 0.1) is 16.5 Å². The monoisotopic (exact) mass is 366 g/mol. The van der Waals surface area contributed by atoms with E-state index in [1.807, 2.05) is 18.2 Å². The molecule has 2 heterocycles. The summed E-state index contributed by atoms with van der Waals surface area (Å²) < 4.78 is 7.04. The number of imidazole rings is 1. The van der Waals surface area contributed by atoms with Crippen molar-refractivity contribution >= 4 is 46.6 Å². The van der Waals surface area contributed by atoms with Gasteiger partial charge in [-0.1, -0.05) is 23.2 Å². The number of hydrogen-bond acceptors (Lipinski definition) is 4. The van der Waals surface area contributed by atoms with Gasteiger partial charge in [0.15, 0.2) is 0 Å². The zero-order valence-electron chi connectivity index (χ0n) is 11.9. The molecule has 0 aliphatic heterocycles. The molecule has 0 unspecified atom stereocenters. The Kier molecular flexibility index (Phi) is 5.10. The molecule has 3 aromatic rings. The molecule has 23 heavy (non-hydrogen) atoms. The fraction of sp³-hybridized carbons (Fsp3) is 0.125. The predicted octanol–water partition coefficient (Wildman–Crippen LogP) is 4.48. The molecule has 0 aliphatic rings. The summed E-state index contributed by atoms with van der Waals surface area (Å²) in [7, 11) is 0. The Bertz CT molecular complexity index is 834. The van der Waals surface area contributed by atoms with Crippen LogP contribution in [-0.4, -0.2) is 21.1 Å². The lowest BCUT2D eigenvalue weighted by Crippen LogP contribution is -2.07. The van der Waals surface area contributed by atoms with Crippen LogP contribution in [-0.2, 0) is 16.1 Å². The van der Waals surface area contributed by atoms with Gasteiger partial charge in [0, 0.05) is 22.3 Å². The first-order chi connectivity index (χ1) is 11.1. The number of carbonyl (C=O) groups excluding carboxylic acids is 1. The quantitative estimate of drug-likeness (QED) is 0.493. The molecular formula is C16H12Cl2N2O2S. The van der Waals surface area contributed by atoms with E-state index in [4.69, 9.17) is 27.9 Å². The van der Waals surface area contributed by atoms with Gasteiger partial charge in [-0.15, -0.1) is 11.8 Å². The van der Waals surface area contributed by atoms with Crippen molar-refractivity contribution in [2.75, 3.05) is 5.75 Å². The van der Waals surface area contributed by atoms with Crippen molar-refractivity contribution in [3.05, 3.63) is 64.5 Å². The third-order valence-corrected chi connectivity index (χ3v) is 4.48. The van der Waals surface area contributed by atoms with Crippen LogP contribution < -0.4 is 0 Å². The summed E-state index contributed by atoms with van der Waals surface area (Å²) in [6.45, 7) is 0.138. The van der Waals surface area contributed by atoms with Crippen molar-refractivity contribution < 1.29 is 9.53 Å². The Morgan fingerprint density at radius 2 is 1.83 bits per heavy atom. The number of halogens is 2. The van der Waals surface area contributed by atoms with Gasteiger partial charge in [0.2, 0.25) is 0 Å². The topological polar surface area (TPSA) is 43.6 Å². The zero-order chi connectivity index (χ0) is 16.2. The Labute approximate surface area is 147 Å². The van der Waals surface area contributed by atoms with Crippen molar-refractivity contribution in [1.82, 2.24) is 9.38 Å². The number of rotatable bonds is 5. The summed E-state index contributed by atoms with van der Waals surface area (Å²) >= 11 is 13.1. The molecule has 0 amide bonds. The summed E-state index contributed by atoms with van der Waals surface area (Å²) in [5.41, 5.74) is 1.44. The Morgan fingerprint density at radius 3 is 2.61 bits per heavy atom. The fourth-order valence-electron chi connectivity index (χ4n) is 1.96. The van der Waals surface area contributed by atoms with Crippen molar-refractivity contribution in [2.45, 2.75) is 11.5 Å². The lowest BCUT2D eigenvalue weighted by molar-refractivity contribution is -0.141. The van der Waals surface area contributed by atoms with Gasteiger partial charge >= 0.3 is 5.97 Å². The van der Waals surface area contributed by atoms with E-state index in [1.54, 1.807) is 35.0 Å². The number of fused-ring (bicyclic) bond motifs is 1. The highest BCUT2D eigenvalue weighted by atomic mass is 35.5. The van der Waals surface area contributed by atoms with Crippen molar-refractivity contribution in [1.29, 1.82) is 0 Å². The summed E-state index contributed by atoms with van der Waals surface area (Å²) in [6.07, 6.45) is 3.55. The standard InChI is InChI=1S/C16H12Cl2N2O2S/c17-11-1-4-14(5-2-11)23-10-16(21)22-9-13-8-20-7-12(18)3-6-15(20)19-13/h1-8H,9-10H2. The molecular weight excluding hydrogens is 355 g/mol. The van der Waals surface area contributed by atoms with E-state index in [2.05, 4.69) is 4.98 Å². The van der Waals surface area contributed by atoms with Gasteiger partial charge in [-0.25, -0.2) is 4.98 Å². The van der Waals surface area contributed by atoms with E-state index >= 15 is 0 Å². The number of benzene rings is 1. The van der Waals surface area contributed by atoms with E-state index in [0.717, 1.165) is 10.5 Å². The molecule has 4 nitrogen and oxygen atoms in total. The predicted molar refractivity (Wildman–Crippen MR) is 92.2 cm³/mol. The molecule has 0 spiro atoms. The lowest BCUT2D eigenvalue weighted by Gasteiger charge is -2.03. The maximum Gasteiger partial charge on any atom is 0.316 e. The highest BCUT2D eigenvalue weighted by Gasteiger charge is 2.08. The highest BCUT2D eigenvalue weighted by molar-refractivity contribution is 8.00. The molecule has 0 fully saturated rings. The van der Waals surface area contributed by atoms with Crippen LogP contribution in [0.15, 0.2) is 53.7 Å². The number of ether oxygens (including phenoxy) is 1. The van der Waals surface area contributed by atoms with Crippen LogP contribution >= 0.6 is 35.0 Å². The number of nitrogens with zero attached hydrogens (tertiary/aromatic N) is 2. The normalized spacial score (nSPS) is 10.9. The first kappa shape index (κ1) is 16.2. The second-order valence-electron chi connectivity index (χ2n) is 4.75. The summed E-state index contributed by atoms with van der Waals surface area (Å²) in [5, 5.41) is 1.29. The molecule has 0 saturated heterocycles. The summed E-state index contributed by atoms with van der Waals surface area (Å²) in [6, 6.07) is 10.9. The van der Waals surface area contributed by atoms with Gasteiger partial charge in [0.1, 0.15) is 12.3 Å². The minimum atomic E-state index is -0.292. The molecule has 0 aliphatic carbocycles. The Balaban J connectivity index is 1.52. The number of esters is 1. The Morgan fingerprint density at radius 1 is 1.09 bits per heavy atom. The second kappa shape index (κ2) is 7.25. The van der Waals surface area contributed by atoms with E-state index in [0.29, 0.717) is 15.7 Å². The summed E-state index contributed by atoms with van der Waals surface area (Å²) in [5.74, 6) is -0.0547. The van der Waals surface area contributed by atoms with E-state index < -0.39 is 0 Å². The first-order valence-corrected chi connectivity index (χ1v) is 8.51. The molecule has 118 valence electrons. The molecule has 0 radical (unpaired) electrons. The van der Waals surface area contributed by atoms with Crippen molar-refractivity contribution in [2.24, 2.45) is 0 Å². The number of thioether (sulfide) groups is 1. The van der Waals surface area contributed by atoms with Gasteiger partial charge in [-0.05, 0) is 36.4 Å². The molecule has 3 rings (SSSR count). The average molecular weight is 367 g/mol. The molecule has 0 atom stereocenters. The lowest BCUT2D eigenvalue weighted by atomic mass is 10.4. The minimum Gasteiger partial charge on any atom is -0.458 e. The third kappa shape index (κ3) is 4.41. The number of aromatic nitrogens is 2. The SMILES string of the molecule is O=C(CSc1ccc(Cl)cc1)OCc1cn2cc(Cl)ccc2n1. The molecule has 7 heteroatoms. The smallest absolute Gasteiger partial charge is 0.316 e. The number of pyridine rings is 1. The first-order valence-electron chi connectivity index (χ1n) is 6.77. The van der Waals surface area contributed by atoms with Gasteiger partial charge in [-0.3, -0.25) is 4.79 Å². The van der Waals surface area contributed by atoms with Crippen LogP contribution in [0.1, 0.15) is 5.69 Å². The number of hydrogen-bond donors (Lipinski definition) is 0. The zero-order valence-corrected chi connectivity index (χ0v) is 14.2. The van der Waals surface area contributed by atoms with Crippen LogP contribution in [0.2, 0.25) is 10.0 Å². The van der Waals surface area contributed by atoms with E-state index in [-0.39, 0.29) is 18.3 Å². The van der Waals surface area contributed by atoms with E-state index in [9.17, 15) is 4.79 Å². The highest BCUT2D eigenvalue weighted by Crippen LogP contribution is 2.20. The Hall–Kier alpha value is -1.69. The van der Waals surface area contributed by atoms with Crippen LogP contribution in [0.25, 0.3) is 5.65 Å². The molecule has 1 aromatic carbocycles. The van der Waals surface area contributed by atoms with Gasteiger partial charge < -0.3 is 9.14 Å². The maximum absolute atomic E-state index is 11.8. The maximum atomic E-state index is 11.8. The largest absolute Gasteiger partial charge is 0.458 e. The van der Waals surface area contributed by atoms with Crippen LogP contribution in [0.3, 0.4) is 0 Å². The fourth-order valence-corrected chi connectivity index (χ4v) is 2.95. The average Bonchev–Trinajstić information content (AvgIpc) is 2.94. The number of carbonyl (C=O) groups is 1. The molecule has 0 bridgehead atoms. The second-order valence-corrected chi connectivity index (χ2v) is 6.67.